The number of thioether (sulfide) groups is 1. The average molecular weight is 322 g/mol. The van der Waals surface area contributed by atoms with Gasteiger partial charge in [0.1, 0.15) is 9.92 Å². The third kappa shape index (κ3) is 2.68. The summed E-state index contributed by atoms with van der Waals surface area (Å²) in [4.78, 5) is -0.548. The van der Waals surface area contributed by atoms with Crippen LogP contribution in [0.25, 0.3) is 0 Å². The smallest absolute Gasteiger partial charge is 0.271 e. The van der Waals surface area contributed by atoms with Crippen LogP contribution in [-0.2, 0) is 16.0 Å². The topological polar surface area (TPSA) is 62.8 Å². The van der Waals surface area contributed by atoms with E-state index in [2.05, 4.69) is 10.2 Å². The average Bonchev–Trinajstić information content (AvgIpc) is 2.87. The Hall–Kier alpha value is -1.48. The van der Waals surface area contributed by atoms with Gasteiger partial charge in [0.25, 0.3) is 0 Å². The monoisotopic (exact) mass is 322 g/mol. The van der Waals surface area contributed by atoms with Gasteiger partial charge < -0.3 is 0 Å². The molecule has 2 rings (SSSR count). The minimum absolute atomic E-state index is 0.135. The highest BCUT2D eigenvalue weighted by atomic mass is 32.2. The van der Waals surface area contributed by atoms with E-state index in [9.17, 15) is 21.6 Å². The normalized spacial score (nSPS) is 12.6. The van der Waals surface area contributed by atoms with Crippen molar-refractivity contribution in [3.05, 3.63) is 36.0 Å². The van der Waals surface area contributed by atoms with Gasteiger partial charge in [0.05, 0.1) is 16.7 Å². The molecular weight excluding hydrogens is 313 g/mol. The lowest BCUT2D eigenvalue weighted by Crippen LogP contribution is -2.08. The van der Waals surface area contributed by atoms with Gasteiger partial charge in [-0.2, -0.15) is 18.3 Å². The molecule has 0 unspecified atom stereocenters. The van der Waals surface area contributed by atoms with Crippen molar-refractivity contribution in [3.8, 4) is 0 Å². The predicted molar refractivity (Wildman–Crippen MR) is 67.3 cm³/mol. The molecule has 1 aromatic heterocycles. The summed E-state index contributed by atoms with van der Waals surface area (Å²) in [6, 6.07) is 3.63. The number of sulfone groups is 1. The van der Waals surface area contributed by atoms with Gasteiger partial charge in [-0.1, -0.05) is 6.07 Å². The van der Waals surface area contributed by atoms with Crippen molar-refractivity contribution < 1.29 is 21.6 Å². The van der Waals surface area contributed by atoms with E-state index in [1.165, 1.54) is 0 Å². The maximum absolute atomic E-state index is 12.6. The van der Waals surface area contributed by atoms with E-state index in [0.717, 1.165) is 36.2 Å². The number of rotatable bonds is 3. The maximum atomic E-state index is 12.6. The number of hydrogen-bond acceptors (Lipinski definition) is 4. The van der Waals surface area contributed by atoms with Crippen molar-refractivity contribution in [2.45, 2.75) is 21.0 Å². The molecule has 0 saturated heterocycles. The SMILES string of the molecule is CSc1[nH]ncc1S(=O)(=O)c1cccc(C(F)(F)F)c1. The molecule has 0 spiro atoms. The minimum atomic E-state index is -4.59. The number of benzene rings is 1. The number of aromatic nitrogens is 2. The fourth-order valence-corrected chi connectivity index (χ4v) is 3.82. The lowest BCUT2D eigenvalue weighted by atomic mass is 10.2. The van der Waals surface area contributed by atoms with Crippen LogP contribution >= 0.6 is 11.8 Å². The van der Waals surface area contributed by atoms with Crippen molar-refractivity contribution in [2.24, 2.45) is 0 Å². The lowest BCUT2D eigenvalue weighted by molar-refractivity contribution is -0.137. The van der Waals surface area contributed by atoms with Gasteiger partial charge in [-0.05, 0) is 24.5 Å². The molecule has 4 nitrogen and oxygen atoms in total. The Balaban J connectivity index is 2.56. The van der Waals surface area contributed by atoms with E-state index in [1.807, 2.05) is 0 Å². The Kier molecular flexibility index (Phi) is 3.83. The highest BCUT2D eigenvalue weighted by molar-refractivity contribution is 7.99. The number of alkyl halides is 3. The van der Waals surface area contributed by atoms with E-state index in [1.54, 1.807) is 6.26 Å². The van der Waals surface area contributed by atoms with Gasteiger partial charge in [-0.25, -0.2) is 8.42 Å². The number of hydrogen-bond donors (Lipinski definition) is 1. The molecule has 0 aliphatic rings. The summed E-state index contributed by atoms with van der Waals surface area (Å²) >= 11 is 1.11. The molecule has 9 heteroatoms. The molecule has 0 aliphatic carbocycles. The number of H-pyrrole nitrogens is 1. The highest BCUT2D eigenvalue weighted by Gasteiger charge is 2.32. The van der Waals surface area contributed by atoms with Gasteiger partial charge in [0.2, 0.25) is 9.84 Å². The number of nitrogens with zero attached hydrogens (tertiary/aromatic N) is 1. The first-order valence-corrected chi connectivity index (χ1v) is 7.97. The molecule has 0 amide bonds. The van der Waals surface area contributed by atoms with E-state index in [4.69, 9.17) is 0 Å². The predicted octanol–water partition coefficient (Wildman–Crippen LogP) is 2.98. The largest absolute Gasteiger partial charge is 0.416 e. The van der Waals surface area contributed by atoms with Crippen LogP contribution < -0.4 is 0 Å². The summed E-state index contributed by atoms with van der Waals surface area (Å²) in [7, 11) is -4.04. The first kappa shape index (κ1) is 14.9. The van der Waals surface area contributed by atoms with Gasteiger partial charge in [-0.15, -0.1) is 11.8 Å². The standard InChI is InChI=1S/C11H9F3N2O2S2/c1-19-10-9(6-15-16-10)20(17,18)8-4-2-3-7(5-8)11(12,13)14/h2-6H,1H3,(H,15,16). The summed E-state index contributed by atoms with van der Waals surface area (Å²) in [6.45, 7) is 0. The highest BCUT2D eigenvalue weighted by Crippen LogP contribution is 2.33. The third-order valence-electron chi connectivity index (χ3n) is 2.54. The van der Waals surface area contributed by atoms with Crippen LogP contribution in [0, 0.1) is 0 Å². The zero-order valence-electron chi connectivity index (χ0n) is 10.1. The maximum Gasteiger partial charge on any atom is 0.416 e. The zero-order valence-corrected chi connectivity index (χ0v) is 11.7. The van der Waals surface area contributed by atoms with Gasteiger partial charge >= 0.3 is 6.18 Å². The second-order valence-electron chi connectivity index (χ2n) is 3.80. The van der Waals surface area contributed by atoms with Crippen molar-refractivity contribution in [1.82, 2.24) is 10.2 Å². The number of halogens is 3. The van der Waals surface area contributed by atoms with E-state index in [-0.39, 0.29) is 9.92 Å². The molecule has 0 atom stereocenters. The van der Waals surface area contributed by atoms with Gasteiger partial charge in [0.15, 0.2) is 0 Å². The molecule has 1 N–H and O–H groups in total. The Bertz CT molecular complexity index is 723. The molecule has 2 aromatic rings. The van der Waals surface area contributed by atoms with Crippen molar-refractivity contribution in [3.63, 3.8) is 0 Å². The second kappa shape index (κ2) is 5.13. The molecule has 108 valence electrons. The zero-order chi connectivity index (χ0) is 15.0. The van der Waals surface area contributed by atoms with Crippen molar-refractivity contribution in [2.75, 3.05) is 6.26 Å². The fraction of sp³-hybridized carbons (Fsp3) is 0.182. The van der Waals surface area contributed by atoms with Crippen LogP contribution in [0.4, 0.5) is 13.2 Å². The van der Waals surface area contributed by atoms with E-state index < -0.39 is 26.5 Å². The van der Waals surface area contributed by atoms with E-state index >= 15 is 0 Å². The second-order valence-corrected chi connectivity index (χ2v) is 6.53. The first-order chi connectivity index (χ1) is 9.26. The number of nitrogens with one attached hydrogen (secondary N) is 1. The van der Waals surface area contributed by atoms with Crippen LogP contribution in [-0.4, -0.2) is 24.9 Å². The Labute approximate surface area is 117 Å². The lowest BCUT2D eigenvalue weighted by Gasteiger charge is -2.09. The Morgan fingerprint density at radius 3 is 2.60 bits per heavy atom. The summed E-state index contributed by atoms with van der Waals surface area (Å²) in [6.07, 6.45) is -1.87. The molecule has 0 bridgehead atoms. The van der Waals surface area contributed by atoms with Crippen LogP contribution in [0.1, 0.15) is 5.56 Å². The van der Waals surface area contributed by atoms with Crippen LogP contribution in [0.15, 0.2) is 45.3 Å². The Morgan fingerprint density at radius 1 is 1.30 bits per heavy atom. The molecular formula is C11H9F3N2O2S2. The van der Waals surface area contributed by atoms with Gasteiger partial charge in [-0.3, -0.25) is 5.10 Å². The third-order valence-corrected chi connectivity index (χ3v) is 5.15. The molecule has 0 fully saturated rings. The molecule has 0 saturated carbocycles. The minimum Gasteiger partial charge on any atom is -0.271 e. The van der Waals surface area contributed by atoms with Crippen molar-refractivity contribution in [1.29, 1.82) is 0 Å². The first-order valence-electron chi connectivity index (χ1n) is 5.26. The van der Waals surface area contributed by atoms with Gasteiger partial charge in [0, 0.05) is 0 Å². The summed E-state index contributed by atoms with van der Waals surface area (Å²) in [5, 5.41) is 6.38. The quantitative estimate of drug-likeness (QED) is 0.883. The summed E-state index contributed by atoms with van der Waals surface area (Å²) < 4.78 is 62.5. The Morgan fingerprint density at radius 2 is 2.00 bits per heavy atom. The van der Waals surface area contributed by atoms with E-state index in [0.29, 0.717) is 6.07 Å². The molecule has 0 radical (unpaired) electrons. The number of aromatic amines is 1. The van der Waals surface area contributed by atoms with Crippen molar-refractivity contribution >= 4 is 21.6 Å². The summed E-state index contributed by atoms with van der Waals surface area (Å²) in [5.74, 6) is 0. The van der Waals surface area contributed by atoms with Crippen LogP contribution in [0.2, 0.25) is 0 Å². The fourth-order valence-electron chi connectivity index (χ4n) is 1.57. The molecule has 0 aliphatic heterocycles. The molecule has 1 heterocycles. The van der Waals surface area contributed by atoms with Crippen LogP contribution in [0.5, 0.6) is 0 Å². The van der Waals surface area contributed by atoms with Crippen LogP contribution in [0.3, 0.4) is 0 Å². The molecule has 20 heavy (non-hydrogen) atoms. The molecule has 1 aromatic carbocycles. The summed E-state index contributed by atoms with van der Waals surface area (Å²) in [5.41, 5.74) is -1.01.